The summed E-state index contributed by atoms with van der Waals surface area (Å²) < 4.78 is 1.88. The SMILES string of the molecule is CCn1cnnc1CNc1cc(C(=O)O)c(Cl)cn1. The molecular formula is C11H12ClN5O2. The molecule has 2 aromatic rings. The van der Waals surface area contributed by atoms with E-state index in [4.69, 9.17) is 16.7 Å². The van der Waals surface area contributed by atoms with Crippen molar-refractivity contribution in [2.24, 2.45) is 0 Å². The molecule has 0 spiro atoms. The molecule has 0 unspecified atom stereocenters. The predicted octanol–water partition coefficient (Wildman–Crippen LogP) is 1.66. The highest BCUT2D eigenvalue weighted by Crippen LogP contribution is 2.18. The maximum Gasteiger partial charge on any atom is 0.337 e. The minimum atomic E-state index is -1.09. The minimum absolute atomic E-state index is 0.0103. The van der Waals surface area contributed by atoms with Crippen molar-refractivity contribution in [1.82, 2.24) is 19.7 Å². The number of anilines is 1. The van der Waals surface area contributed by atoms with Crippen molar-refractivity contribution in [1.29, 1.82) is 0 Å². The number of carbonyl (C=O) groups is 1. The van der Waals surface area contributed by atoms with E-state index < -0.39 is 5.97 Å². The zero-order valence-electron chi connectivity index (χ0n) is 10.2. The number of nitrogens with one attached hydrogen (secondary N) is 1. The number of halogens is 1. The number of aromatic nitrogens is 4. The molecular weight excluding hydrogens is 270 g/mol. The van der Waals surface area contributed by atoms with Gasteiger partial charge >= 0.3 is 5.97 Å². The fourth-order valence-corrected chi connectivity index (χ4v) is 1.73. The van der Waals surface area contributed by atoms with Gasteiger partial charge in [0, 0.05) is 12.7 Å². The number of pyridine rings is 1. The molecule has 2 N–H and O–H groups in total. The summed E-state index contributed by atoms with van der Waals surface area (Å²) in [6.07, 6.45) is 2.94. The van der Waals surface area contributed by atoms with E-state index in [9.17, 15) is 4.79 Å². The van der Waals surface area contributed by atoms with Gasteiger partial charge in [-0.1, -0.05) is 11.6 Å². The second kappa shape index (κ2) is 5.66. The first-order valence-corrected chi connectivity index (χ1v) is 5.99. The monoisotopic (exact) mass is 281 g/mol. The van der Waals surface area contributed by atoms with E-state index in [0.29, 0.717) is 12.4 Å². The standard InChI is InChI=1S/C11H12ClN5O2/c1-2-17-6-15-16-10(17)5-14-9-3-7(11(18)19)8(12)4-13-9/h3-4,6H,2,5H2,1H3,(H,13,14)(H,18,19). The van der Waals surface area contributed by atoms with E-state index in [2.05, 4.69) is 20.5 Å². The second-order valence-corrected chi connectivity index (χ2v) is 4.15. The largest absolute Gasteiger partial charge is 0.478 e. The first-order chi connectivity index (χ1) is 9.11. The third kappa shape index (κ3) is 3.00. The molecule has 0 saturated carbocycles. The fourth-order valence-electron chi connectivity index (χ4n) is 1.55. The predicted molar refractivity (Wildman–Crippen MR) is 69.2 cm³/mol. The first kappa shape index (κ1) is 13.3. The van der Waals surface area contributed by atoms with Crippen molar-refractivity contribution >= 4 is 23.4 Å². The van der Waals surface area contributed by atoms with Crippen LogP contribution in [0.1, 0.15) is 23.1 Å². The topological polar surface area (TPSA) is 92.9 Å². The lowest BCUT2D eigenvalue weighted by molar-refractivity contribution is 0.0697. The Kier molecular flexibility index (Phi) is 3.96. The Morgan fingerprint density at radius 1 is 1.58 bits per heavy atom. The number of rotatable bonds is 5. The van der Waals surface area contributed by atoms with E-state index >= 15 is 0 Å². The summed E-state index contributed by atoms with van der Waals surface area (Å²) in [6.45, 7) is 3.15. The van der Waals surface area contributed by atoms with Crippen LogP contribution in [-0.2, 0) is 13.1 Å². The quantitative estimate of drug-likeness (QED) is 0.866. The van der Waals surface area contributed by atoms with Gasteiger partial charge in [-0.25, -0.2) is 9.78 Å². The maximum atomic E-state index is 10.9. The third-order valence-electron chi connectivity index (χ3n) is 2.55. The van der Waals surface area contributed by atoms with Crippen molar-refractivity contribution in [3.63, 3.8) is 0 Å². The van der Waals surface area contributed by atoms with Crippen LogP contribution in [0.5, 0.6) is 0 Å². The number of carboxylic acids is 1. The van der Waals surface area contributed by atoms with Gasteiger partial charge in [0.1, 0.15) is 12.1 Å². The average molecular weight is 282 g/mol. The molecule has 2 rings (SSSR count). The lowest BCUT2D eigenvalue weighted by atomic mass is 10.2. The van der Waals surface area contributed by atoms with Crippen LogP contribution in [0.3, 0.4) is 0 Å². The highest BCUT2D eigenvalue weighted by atomic mass is 35.5. The van der Waals surface area contributed by atoms with Gasteiger partial charge in [-0.2, -0.15) is 0 Å². The molecule has 0 bridgehead atoms. The molecule has 0 aliphatic heterocycles. The summed E-state index contributed by atoms with van der Waals surface area (Å²) in [5.74, 6) is 0.0794. The van der Waals surface area contributed by atoms with Gasteiger partial charge in [0.25, 0.3) is 0 Å². The Hall–Kier alpha value is -2.15. The van der Waals surface area contributed by atoms with Gasteiger partial charge in [0.05, 0.1) is 17.1 Å². The van der Waals surface area contributed by atoms with E-state index in [-0.39, 0.29) is 10.6 Å². The van der Waals surface area contributed by atoms with Crippen LogP contribution >= 0.6 is 11.6 Å². The molecule has 0 fully saturated rings. The number of carboxylic acid groups (broad SMARTS) is 1. The molecule has 8 heteroatoms. The van der Waals surface area contributed by atoms with Crippen molar-refractivity contribution < 1.29 is 9.90 Å². The van der Waals surface area contributed by atoms with Crippen molar-refractivity contribution in [3.8, 4) is 0 Å². The van der Waals surface area contributed by atoms with Crippen LogP contribution in [0.15, 0.2) is 18.6 Å². The Morgan fingerprint density at radius 2 is 2.37 bits per heavy atom. The van der Waals surface area contributed by atoms with Crippen LogP contribution in [-0.4, -0.2) is 30.8 Å². The van der Waals surface area contributed by atoms with Gasteiger partial charge in [0.2, 0.25) is 0 Å². The lowest BCUT2D eigenvalue weighted by Crippen LogP contribution is -2.09. The maximum absolute atomic E-state index is 10.9. The van der Waals surface area contributed by atoms with Crippen LogP contribution in [0.2, 0.25) is 5.02 Å². The molecule has 0 saturated heterocycles. The van der Waals surface area contributed by atoms with Crippen LogP contribution in [0, 0.1) is 0 Å². The van der Waals surface area contributed by atoms with Crippen molar-refractivity contribution in [3.05, 3.63) is 35.0 Å². The van der Waals surface area contributed by atoms with Crippen molar-refractivity contribution in [2.45, 2.75) is 20.0 Å². The zero-order valence-corrected chi connectivity index (χ0v) is 10.9. The summed E-state index contributed by atoms with van der Waals surface area (Å²) >= 11 is 5.74. The summed E-state index contributed by atoms with van der Waals surface area (Å²) in [6, 6.07) is 1.39. The first-order valence-electron chi connectivity index (χ1n) is 5.61. The summed E-state index contributed by atoms with van der Waals surface area (Å²) in [5.41, 5.74) is 0.0103. The smallest absolute Gasteiger partial charge is 0.337 e. The summed E-state index contributed by atoms with van der Waals surface area (Å²) in [5, 5.41) is 19.8. The lowest BCUT2D eigenvalue weighted by Gasteiger charge is -2.07. The van der Waals surface area contributed by atoms with Crippen LogP contribution < -0.4 is 5.32 Å². The highest BCUT2D eigenvalue weighted by Gasteiger charge is 2.11. The van der Waals surface area contributed by atoms with Crippen LogP contribution in [0.4, 0.5) is 5.82 Å². The number of aryl methyl sites for hydroxylation is 1. The molecule has 2 aromatic heterocycles. The molecule has 0 aliphatic carbocycles. The Balaban J connectivity index is 2.12. The fraction of sp³-hybridized carbons (Fsp3) is 0.273. The molecule has 100 valence electrons. The van der Waals surface area contributed by atoms with Crippen LogP contribution in [0.25, 0.3) is 0 Å². The molecule has 19 heavy (non-hydrogen) atoms. The number of nitrogens with zero attached hydrogens (tertiary/aromatic N) is 4. The van der Waals surface area contributed by atoms with E-state index in [1.165, 1.54) is 12.3 Å². The molecule has 2 heterocycles. The van der Waals surface area contributed by atoms with Crippen molar-refractivity contribution in [2.75, 3.05) is 5.32 Å². The van der Waals surface area contributed by atoms with E-state index in [1.807, 2.05) is 11.5 Å². The summed E-state index contributed by atoms with van der Waals surface area (Å²) in [7, 11) is 0. The Labute approximate surface area is 114 Å². The number of aromatic carboxylic acids is 1. The highest BCUT2D eigenvalue weighted by molar-refractivity contribution is 6.33. The van der Waals surface area contributed by atoms with E-state index in [0.717, 1.165) is 12.4 Å². The minimum Gasteiger partial charge on any atom is -0.478 e. The normalized spacial score (nSPS) is 10.4. The molecule has 0 radical (unpaired) electrons. The number of hydrogen-bond acceptors (Lipinski definition) is 5. The molecule has 0 amide bonds. The second-order valence-electron chi connectivity index (χ2n) is 3.74. The Bertz CT molecular complexity index is 599. The number of hydrogen-bond donors (Lipinski definition) is 2. The third-order valence-corrected chi connectivity index (χ3v) is 2.85. The average Bonchev–Trinajstić information content (AvgIpc) is 2.84. The zero-order chi connectivity index (χ0) is 13.8. The van der Waals surface area contributed by atoms with Gasteiger partial charge in [0.15, 0.2) is 5.82 Å². The van der Waals surface area contributed by atoms with Gasteiger partial charge in [-0.15, -0.1) is 10.2 Å². The Morgan fingerprint density at radius 3 is 3.05 bits per heavy atom. The summed E-state index contributed by atoms with van der Waals surface area (Å²) in [4.78, 5) is 15.0. The van der Waals surface area contributed by atoms with Gasteiger partial charge < -0.3 is 15.0 Å². The van der Waals surface area contributed by atoms with E-state index in [1.54, 1.807) is 6.33 Å². The molecule has 0 aliphatic rings. The molecule has 0 aromatic carbocycles. The van der Waals surface area contributed by atoms with Gasteiger partial charge in [-0.3, -0.25) is 0 Å². The van der Waals surface area contributed by atoms with Gasteiger partial charge in [-0.05, 0) is 13.0 Å². The molecule has 0 atom stereocenters. The molecule has 7 nitrogen and oxygen atoms in total.